The third kappa shape index (κ3) is 3.55. The number of pyridine rings is 1. The number of nitrogens with zero attached hydrogens (tertiary/aromatic N) is 1. The summed E-state index contributed by atoms with van der Waals surface area (Å²) in [6.45, 7) is 1.56. The molecule has 3 nitrogen and oxygen atoms in total. The third-order valence-electron chi connectivity index (χ3n) is 1.77. The Balaban J connectivity index is 2.75. The molecule has 0 saturated heterocycles. The van der Waals surface area contributed by atoms with Gasteiger partial charge in [-0.15, -0.1) is 0 Å². The lowest BCUT2D eigenvalue weighted by molar-refractivity contribution is 0.596. The lowest BCUT2D eigenvalue weighted by Crippen LogP contribution is -2.15. The van der Waals surface area contributed by atoms with Crippen LogP contribution in [-0.2, 0) is 15.5 Å². The summed E-state index contributed by atoms with van der Waals surface area (Å²) in [7, 11) is 1.71. The van der Waals surface area contributed by atoms with Crippen molar-refractivity contribution in [2.45, 2.75) is 18.6 Å². The van der Waals surface area contributed by atoms with Gasteiger partial charge in [0.25, 0.3) is 0 Å². The molecule has 6 heteroatoms. The van der Waals surface area contributed by atoms with Crippen LogP contribution >= 0.6 is 26.6 Å². The van der Waals surface area contributed by atoms with Crippen LogP contribution in [0.2, 0.25) is 0 Å². The van der Waals surface area contributed by atoms with Gasteiger partial charge in [0.05, 0.1) is 5.25 Å². The van der Waals surface area contributed by atoms with Crippen LogP contribution in [0.3, 0.4) is 0 Å². The van der Waals surface area contributed by atoms with Crippen LogP contribution < -0.4 is 0 Å². The molecule has 1 rings (SSSR count). The Hall–Kier alpha value is -0.130. The van der Waals surface area contributed by atoms with Crippen molar-refractivity contribution in [3.8, 4) is 0 Å². The summed E-state index contributed by atoms with van der Waals surface area (Å²) in [6.07, 6.45) is 1.96. The number of rotatable bonds is 3. The van der Waals surface area contributed by atoms with Crippen LogP contribution in [-0.4, -0.2) is 18.7 Å². The van der Waals surface area contributed by atoms with Crippen molar-refractivity contribution in [1.82, 2.24) is 4.98 Å². The average molecular weight is 299 g/mol. The topological polar surface area (TPSA) is 47.0 Å². The number of halogens is 2. The minimum Gasteiger partial charge on any atom is -0.260 e. The van der Waals surface area contributed by atoms with Gasteiger partial charge in [-0.05, 0) is 35.0 Å². The summed E-state index contributed by atoms with van der Waals surface area (Å²) in [5.41, 5.74) is 0.713. The van der Waals surface area contributed by atoms with Crippen molar-refractivity contribution in [2.24, 2.45) is 0 Å². The molecule has 0 N–H and O–H groups in total. The van der Waals surface area contributed by atoms with Gasteiger partial charge in [0.15, 0.2) is 0 Å². The van der Waals surface area contributed by atoms with Gasteiger partial charge in [-0.3, -0.25) is 4.98 Å². The maximum Gasteiger partial charge on any atom is 0.235 e. The molecule has 14 heavy (non-hydrogen) atoms. The molecule has 78 valence electrons. The van der Waals surface area contributed by atoms with Gasteiger partial charge in [0.1, 0.15) is 0 Å². The monoisotopic (exact) mass is 297 g/mol. The predicted octanol–water partition coefficient (Wildman–Crippen LogP) is 2.34. The first-order valence-electron chi connectivity index (χ1n) is 3.93. The van der Waals surface area contributed by atoms with E-state index < -0.39 is 14.3 Å². The van der Waals surface area contributed by atoms with Gasteiger partial charge in [-0.1, -0.05) is 0 Å². The molecular formula is C8H9BrClNO2S. The number of hydrogen-bond donors (Lipinski definition) is 0. The Kier molecular flexibility index (Phi) is 3.92. The van der Waals surface area contributed by atoms with Crippen molar-refractivity contribution < 1.29 is 8.42 Å². The molecule has 1 atom stereocenters. The maximum absolute atomic E-state index is 10.9. The number of aromatic nitrogens is 1. The van der Waals surface area contributed by atoms with E-state index in [2.05, 4.69) is 20.9 Å². The number of hydrogen-bond acceptors (Lipinski definition) is 3. The summed E-state index contributed by atoms with van der Waals surface area (Å²) in [6, 6.07) is 3.58. The van der Waals surface area contributed by atoms with E-state index >= 15 is 0 Å². The molecule has 0 aromatic carbocycles. The third-order valence-corrected chi connectivity index (χ3v) is 4.28. The largest absolute Gasteiger partial charge is 0.260 e. The fraction of sp³-hybridized carbons (Fsp3) is 0.375. The lowest BCUT2D eigenvalue weighted by Gasteiger charge is -2.06. The van der Waals surface area contributed by atoms with E-state index in [1.54, 1.807) is 19.2 Å². The van der Waals surface area contributed by atoms with Crippen LogP contribution in [0.25, 0.3) is 0 Å². The molecule has 0 aliphatic carbocycles. The standard InChI is InChI=1S/C8H9BrClNO2S/c1-6(14(10,12)13)4-8-3-2-7(9)5-11-8/h2-3,5-6H,4H2,1H3. The van der Waals surface area contributed by atoms with Crippen LogP contribution in [0.5, 0.6) is 0 Å². The zero-order valence-electron chi connectivity index (χ0n) is 7.44. The van der Waals surface area contributed by atoms with E-state index in [-0.39, 0.29) is 0 Å². The highest BCUT2D eigenvalue weighted by Gasteiger charge is 2.18. The molecule has 0 spiro atoms. The van der Waals surface area contributed by atoms with Gasteiger partial charge in [-0.2, -0.15) is 0 Å². The predicted molar refractivity (Wildman–Crippen MR) is 59.9 cm³/mol. The van der Waals surface area contributed by atoms with Crippen LogP contribution in [0.15, 0.2) is 22.8 Å². The first-order valence-corrected chi connectivity index (χ1v) is 7.10. The quantitative estimate of drug-likeness (QED) is 0.805. The highest BCUT2D eigenvalue weighted by Crippen LogP contribution is 2.13. The zero-order chi connectivity index (χ0) is 10.8. The smallest absolute Gasteiger partial charge is 0.235 e. The van der Waals surface area contributed by atoms with Crippen LogP contribution in [0, 0.1) is 0 Å². The maximum atomic E-state index is 10.9. The van der Waals surface area contributed by atoms with Crippen molar-refractivity contribution in [1.29, 1.82) is 0 Å². The molecule has 1 aromatic heterocycles. The minimum absolute atomic E-state index is 0.332. The van der Waals surface area contributed by atoms with Crippen molar-refractivity contribution >= 4 is 35.7 Å². The molecule has 1 heterocycles. The molecule has 0 aliphatic rings. The molecule has 0 radical (unpaired) electrons. The second kappa shape index (κ2) is 4.59. The van der Waals surface area contributed by atoms with Gasteiger partial charge < -0.3 is 0 Å². The Morgan fingerprint density at radius 2 is 2.21 bits per heavy atom. The van der Waals surface area contributed by atoms with E-state index in [0.29, 0.717) is 12.1 Å². The van der Waals surface area contributed by atoms with Crippen LogP contribution in [0.4, 0.5) is 0 Å². The zero-order valence-corrected chi connectivity index (χ0v) is 10.6. The molecule has 0 aliphatic heterocycles. The second-order valence-corrected chi connectivity index (χ2v) is 6.92. The van der Waals surface area contributed by atoms with Gasteiger partial charge >= 0.3 is 0 Å². The highest BCUT2D eigenvalue weighted by molar-refractivity contribution is 9.10. The minimum atomic E-state index is -3.49. The normalized spacial score (nSPS) is 13.9. The Labute approximate surface area is 96.0 Å². The molecule has 0 fully saturated rings. The van der Waals surface area contributed by atoms with Gasteiger partial charge in [-0.25, -0.2) is 8.42 Å². The first-order chi connectivity index (χ1) is 6.39. The lowest BCUT2D eigenvalue weighted by atomic mass is 10.2. The summed E-state index contributed by atoms with van der Waals surface area (Å²) >= 11 is 3.24. The van der Waals surface area contributed by atoms with Gasteiger partial charge in [0.2, 0.25) is 9.05 Å². The van der Waals surface area contributed by atoms with E-state index in [4.69, 9.17) is 10.7 Å². The van der Waals surface area contributed by atoms with Crippen molar-refractivity contribution in [2.75, 3.05) is 0 Å². The van der Waals surface area contributed by atoms with Crippen molar-refractivity contribution in [3.05, 3.63) is 28.5 Å². The highest BCUT2D eigenvalue weighted by atomic mass is 79.9. The van der Waals surface area contributed by atoms with Crippen molar-refractivity contribution in [3.63, 3.8) is 0 Å². The Bertz CT molecular complexity index is 404. The molecule has 1 unspecified atom stereocenters. The summed E-state index contributed by atoms with van der Waals surface area (Å²) < 4.78 is 22.7. The Morgan fingerprint density at radius 1 is 1.57 bits per heavy atom. The molecule has 0 bridgehead atoms. The second-order valence-electron chi connectivity index (χ2n) is 2.96. The summed E-state index contributed by atoms with van der Waals surface area (Å²) in [4.78, 5) is 4.06. The fourth-order valence-corrected chi connectivity index (χ4v) is 1.71. The molecule has 0 saturated carbocycles. The summed E-state index contributed by atoms with van der Waals surface area (Å²) in [5, 5.41) is -0.613. The summed E-state index contributed by atoms with van der Waals surface area (Å²) in [5.74, 6) is 0. The van der Waals surface area contributed by atoms with E-state index in [9.17, 15) is 8.42 Å². The average Bonchev–Trinajstić information content (AvgIpc) is 2.07. The Morgan fingerprint density at radius 3 is 2.64 bits per heavy atom. The SMILES string of the molecule is CC(Cc1ccc(Br)cn1)S(=O)(=O)Cl. The molecule has 1 aromatic rings. The fourth-order valence-electron chi connectivity index (χ4n) is 0.921. The molecule has 0 amide bonds. The van der Waals surface area contributed by atoms with E-state index in [0.717, 1.165) is 4.47 Å². The van der Waals surface area contributed by atoms with Crippen LogP contribution in [0.1, 0.15) is 12.6 Å². The molecular weight excluding hydrogens is 290 g/mol. The van der Waals surface area contributed by atoms with E-state index in [1.165, 1.54) is 0 Å². The van der Waals surface area contributed by atoms with Gasteiger partial charge in [0, 0.05) is 33.5 Å². The van der Waals surface area contributed by atoms with E-state index in [1.807, 2.05) is 6.07 Å². The first kappa shape index (κ1) is 11.9.